The highest BCUT2D eigenvalue weighted by atomic mass is 16.7. The molecular weight excluding hydrogens is 512 g/mol. The fraction of sp³-hybridized carbons (Fsp3) is 0.286. The number of aliphatic hydroxyl groups excluding tert-OH is 1. The maximum absolute atomic E-state index is 11.3. The van der Waals surface area contributed by atoms with E-state index in [0.29, 0.717) is 6.54 Å². The van der Waals surface area contributed by atoms with Crippen LogP contribution in [0.3, 0.4) is 0 Å². The molecule has 0 bridgehead atoms. The molecule has 1 aliphatic heterocycles. The van der Waals surface area contributed by atoms with Gasteiger partial charge in [0.25, 0.3) is 0 Å². The first-order chi connectivity index (χ1) is 20.0. The molecule has 3 atom stereocenters. The lowest BCUT2D eigenvalue weighted by Crippen LogP contribution is -2.37. The first kappa shape index (κ1) is 28.7. The average Bonchev–Trinajstić information content (AvgIpc) is 3.00. The van der Waals surface area contributed by atoms with Gasteiger partial charge in [-0.15, -0.1) is 0 Å². The molecule has 4 aromatic rings. The molecule has 1 amide bonds. The summed E-state index contributed by atoms with van der Waals surface area (Å²) in [4.78, 5) is 13.6. The molecule has 3 unspecified atom stereocenters. The number of aliphatic hydroxyl groups is 1. The molecular formula is C35H38N2O4. The Hall–Kier alpha value is -3.81. The Morgan fingerprint density at radius 1 is 0.829 bits per heavy atom. The monoisotopic (exact) mass is 550 g/mol. The minimum absolute atomic E-state index is 0.0184. The van der Waals surface area contributed by atoms with Crippen molar-refractivity contribution < 1.29 is 19.4 Å². The van der Waals surface area contributed by atoms with E-state index in [1.807, 2.05) is 42.5 Å². The normalized spacial score (nSPS) is 18.8. The van der Waals surface area contributed by atoms with E-state index in [0.717, 1.165) is 52.9 Å². The Bertz CT molecular complexity index is 1410. The summed E-state index contributed by atoms with van der Waals surface area (Å²) < 4.78 is 13.1. The zero-order valence-corrected chi connectivity index (χ0v) is 23.7. The summed E-state index contributed by atoms with van der Waals surface area (Å²) in [5.74, 6) is -0.0422. The standard InChI is InChI=1S/C35H38N2O4/c1-25(39)36-21-28-9-6-10-32(19-28)29-15-17-31(18-16-29)35-40-33(23-37(2)22-26-7-4-3-5-8-26)20-34(41-35)30-13-11-27(24-38)12-14-30/h3-19,33-35,38H,20-24H2,1-2H3,(H,36,39). The zero-order chi connectivity index (χ0) is 28.6. The summed E-state index contributed by atoms with van der Waals surface area (Å²) in [5.41, 5.74) is 7.43. The van der Waals surface area contributed by atoms with Crippen LogP contribution in [0.15, 0.2) is 103 Å². The van der Waals surface area contributed by atoms with Crippen LogP contribution in [-0.4, -0.2) is 35.6 Å². The number of ether oxygens (including phenoxy) is 2. The topological polar surface area (TPSA) is 71.0 Å². The molecule has 1 fully saturated rings. The van der Waals surface area contributed by atoms with E-state index in [4.69, 9.17) is 9.47 Å². The Morgan fingerprint density at radius 3 is 2.24 bits per heavy atom. The Morgan fingerprint density at radius 2 is 1.54 bits per heavy atom. The molecule has 6 heteroatoms. The molecule has 0 aromatic heterocycles. The van der Waals surface area contributed by atoms with E-state index >= 15 is 0 Å². The van der Waals surface area contributed by atoms with Gasteiger partial charge in [0.2, 0.25) is 5.91 Å². The third-order valence-corrected chi connectivity index (χ3v) is 7.41. The molecule has 1 heterocycles. The van der Waals surface area contributed by atoms with Crippen LogP contribution >= 0.6 is 0 Å². The maximum atomic E-state index is 11.3. The molecule has 2 N–H and O–H groups in total. The van der Waals surface area contributed by atoms with E-state index in [9.17, 15) is 9.90 Å². The van der Waals surface area contributed by atoms with Crippen LogP contribution in [0.2, 0.25) is 0 Å². The van der Waals surface area contributed by atoms with Crippen molar-refractivity contribution in [1.82, 2.24) is 10.2 Å². The second-order valence-electron chi connectivity index (χ2n) is 10.8. The second kappa shape index (κ2) is 13.7. The summed E-state index contributed by atoms with van der Waals surface area (Å²) in [5, 5.41) is 12.3. The number of rotatable bonds is 10. The van der Waals surface area contributed by atoms with Gasteiger partial charge in [0.1, 0.15) is 0 Å². The highest BCUT2D eigenvalue weighted by Crippen LogP contribution is 2.38. The van der Waals surface area contributed by atoms with Gasteiger partial charge in [0, 0.05) is 38.5 Å². The summed E-state index contributed by atoms with van der Waals surface area (Å²) in [6.45, 7) is 3.67. The number of carbonyl (C=O) groups excluding carboxylic acids is 1. The van der Waals surface area contributed by atoms with Gasteiger partial charge in [-0.05, 0) is 46.5 Å². The third kappa shape index (κ3) is 7.90. The van der Waals surface area contributed by atoms with Gasteiger partial charge < -0.3 is 19.9 Å². The molecule has 0 radical (unpaired) electrons. The van der Waals surface area contributed by atoms with Gasteiger partial charge in [-0.25, -0.2) is 0 Å². The van der Waals surface area contributed by atoms with Gasteiger partial charge in [-0.1, -0.05) is 97.1 Å². The maximum Gasteiger partial charge on any atom is 0.217 e. The number of carbonyl (C=O) groups is 1. The Labute approximate surface area is 242 Å². The van der Waals surface area contributed by atoms with Crippen molar-refractivity contribution in [2.24, 2.45) is 0 Å². The summed E-state index contributed by atoms with van der Waals surface area (Å²) >= 11 is 0. The minimum Gasteiger partial charge on any atom is -0.392 e. The van der Waals surface area contributed by atoms with Crippen molar-refractivity contribution in [2.45, 2.75) is 51.5 Å². The van der Waals surface area contributed by atoms with Crippen molar-refractivity contribution >= 4 is 5.91 Å². The Kier molecular flexibility index (Phi) is 9.59. The van der Waals surface area contributed by atoms with E-state index in [2.05, 4.69) is 77.9 Å². The molecule has 1 aliphatic rings. The molecule has 0 aliphatic carbocycles. The fourth-order valence-electron chi connectivity index (χ4n) is 5.26. The van der Waals surface area contributed by atoms with Crippen LogP contribution < -0.4 is 5.32 Å². The summed E-state index contributed by atoms with van der Waals surface area (Å²) in [7, 11) is 2.13. The van der Waals surface area contributed by atoms with E-state index in [1.54, 1.807) is 0 Å². The minimum atomic E-state index is -0.499. The highest BCUT2D eigenvalue weighted by molar-refractivity contribution is 5.73. The first-order valence-electron chi connectivity index (χ1n) is 14.1. The number of hydrogen-bond donors (Lipinski definition) is 2. The van der Waals surface area contributed by atoms with Gasteiger partial charge in [0.15, 0.2) is 6.29 Å². The number of hydrogen-bond acceptors (Lipinski definition) is 5. The van der Waals surface area contributed by atoms with Crippen LogP contribution in [0, 0.1) is 0 Å². The van der Waals surface area contributed by atoms with Crippen LogP contribution in [0.4, 0.5) is 0 Å². The van der Waals surface area contributed by atoms with Crippen molar-refractivity contribution in [1.29, 1.82) is 0 Å². The molecule has 5 rings (SSSR count). The van der Waals surface area contributed by atoms with E-state index in [-0.39, 0.29) is 24.7 Å². The van der Waals surface area contributed by atoms with Gasteiger partial charge in [0.05, 0.1) is 18.8 Å². The molecule has 6 nitrogen and oxygen atoms in total. The third-order valence-electron chi connectivity index (χ3n) is 7.41. The molecule has 1 saturated heterocycles. The van der Waals surface area contributed by atoms with Crippen LogP contribution in [0.1, 0.15) is 53.6 Å². The highest BCUT2D eigenvalue weighted by Gasteiger charge is 2.32. The number of nitrogens with zero attached hydrogens (tertiary/aromatic N) is 1. The fourth-order valence-corrected chi connectivity index (χ4v) is 5.26. The van der Waals surface area contributed by atoms with Crippen LogP contribution in [-0.2, 0) is 34.0 Å². The number of benzene rings is 4. The molecule has 41 heavy (non-hydrogen) atoms. The first-order valence-corrected chi connectivity index (χ1v) is 14.1. The van der Waals surface area contributed by atoms with Gasteiger partial charge in [-0.3, -0.25) is 9.69 Å². The van der Waals surface area contributed by atoms with Gasteiger partial charge in [-0.2, -0.15) is 0 Å². The lowest BCUT2D eigenvalue weighted by atomic mass is 9.99. The molecule has 212 valence electrons. The number of likely N-dealkylation sites (N-methyl/N-ethyl adjacent to an activating group) is 1. The smallest absolute Gasteiger partial charge is 0.217 e. The molecule has 0 spiro atoms. The van der Waals surface area contributed by atoms with Crippen LogP contribution in [0.25, 0.3) is 11.1 Å². The SMILES string of the molecule is CC(=O)NCc1cccc(-c2ccc(C3OC(CN(C)Cc4ccccc4)CC(c4ccc(CO)cc4)O3)cc2)c1. The quantitative estimate of drug-likeness (QED) is 0.248. The van der Waals surface area contributed by atoms with Crippen LogP contribution in [0.5, 0.6) is 0 Å². The van der Waals surface area contributed by atoms with E-state index < -0.39 is 6.29 Å². The molecule has 0 saturated carbocycles. The molecule has 4 aromatic carbocycles. The van der Waals surface area contributed by atoms with Crippen molar-refractivity contribution in [3.05, 3.63) is 131 Å². The van der Waals surface area contributed by atoms with Crippen molar-refractivity contribution in [3.8, 4) is 11.1 Å². The van der Waals surface area contributed by atoms with Crippen molar-refractivity contribution in [3.63, 3.8) is 0 Å². The predicted molar refractivity (Wildman–Crippen MR) is 161 cm³/mol. The summed E-state index contributed by atoms with van der Waals surface area (Å²) in [6.07, 6.45) is 0.103. The number of amides is 1. The van der Waals surface area contributed by atoms with E-state index in [1.165, 1.54) is 12.5 Å². The number of nitrogens with one attached hydrogen (secondary N) is 1. The lowest BCUT2D eigenvalue weighted by molar-refractivity contribution is -0.252. The largest absolute Gasteiger partial charge is 0.392 e. The lowest BCUT2D eigenvalue weighted by Gasteiger charge is -2.38. The van der Waals surface area contributed by atoms with Gasteiger partial charge >= 0.3 is 0 Å². The predicted octanol–water partition coefficient (Wildman–Crippen LogP) is 6.16. The average molecular weight is 551 g/mol. The Balaban J connectivity index is 1.33. The summed E-state index contributed by atoms with van der Waals surface area (Å²) in [6, 6.07) is 35.0. The second-order valence-corrected chi connectivity index (χ2v) is 10.8. The zero-order valence-electron chi connectivity index (χ0n) is 23.7. The van der Waals surface area contributed by atoms with Crippen molar-refractivity contribution in [2.75, 3.05) is 13.6 Å².